The quantitative estimate of drug-likeness (QED) is 0.797. The van der Waals surface area contributed by atoms with E-state index in [1.165, 1.54) is 6.07 Å². The lowest BCUT2D eigenvalue weighted by Gasteiger charge is -2.14. The molecule has 0 spiro atoms. The minimum Gasteiger partial charge on any atom is -0.479 e. The number of benzene rings is 1. The van der Waals surface area contributed by atoms with E-state index >= 15 is 0 Å². The fourth-order valence-electron chi connectivity index (χ4n) is 1.25. The van der Waals surface area contributed by atoms with E-state index in [2.05, 4.69) is 0 Å². The van der Waals surface area contributed by atoms with Crippen LogP contribution in [-0.4, -0.2) is 23.7 Å². The van der Waals surface area contributed by atoms with Crippen molar-refractivity contribution >= 4 is 5.97 Å². The van der Waals surface area contributed by atoms with Gasteiger partial charge in [0.15, 0.2) is 17.7 Å². The number of hydrogen-bond acceptors (Lipinski definition) is 3. The zero-order chi connectivity index (χ0) is 12.8. The molecule has 4 nitrogen and oxygen atoms in total. The summed E-state index contributed by atoms with van der Waals surface area (Å²) in [5.41, 5.74) is 5.26. The summed E-state index contributed by atoms with van der Waals surface area (Å²) in [5.74, 6) is -3.27. The molecule has 1 unspecified atom stereocenters. The van der Waals surface area contributed by atoms with E-state index in [1.54, 1.807) is 0 Å². The molecule has 0 aliphatic heterocycles. The standard InChI is InChI=1S/C11H13F2NO3/c12-8-4-3-7(6-9(8)13)17-10(11(15)16)2-1-5-14/h3-4,6,10H,1-2,5,14H2,(H,15,16). The Kier molecular flexibility index (Phi) is 4.84. The van der Waals surface area contributed by atoms with Crippen molar-refractivity contribution in [3.63, 3.8) is 0 Å². The van der Waals surface area contributed by atoms with Gasteiger partial charge in [-0.3, -0.25) is 0 Å². The summed E-state index contributed by atoms with van der Waals surface area (Å²) < 4.78 is 30.5. The molecule has 0 fully saturated rings. The fraction of sp³-hybridized carbons (Fsp3) is 0.364. The SMILES string of the molecule is NCCCC(Oc1ccc(F)c(F)c1)C(=O)O. The highest BCUT2D eigenvalue weighted by molar-refractivity contribution is 5.72. The fourth-order valence-corrected chi connectivity index (χ4v) is 1.25. The third-order valence-corrected chi connectivity index (χ3v) is 2.12. The van der Waals surface area contributed by atoms with Gasteiger partial charge in [-0.25, -0.2) is 13.6 Å². The number of halogens is 2. The van der Waals surface area contributed by atoms with E-state index in [4.69, 9.17) is 15.6 Å². The van der Waals surface area contributed by atoms with E-state index < -0.39 is 23.7 Å². The van der Waals surface area contributed by atoms with Gasteiger partial charge in [-0.15, -0.1) is 0 Å². The molecule has 0 saturated heterocycles. The van der Waals surface area contributed by atoms with Gasteiger partial charge >= 0.3 is 5.97 Å². The number of ether oxygens (including phenoxy) is 1. The van der Waals surface area contributed by atoms with Crippen molar-refractivity contribution in [3.05, 3.63) is 29.8 Å². The van der Waals surface area contributed by atoms with Gasteiger partial charge in [-0.05, 0) is 31.5 Å². The minimum absolute atomic E-state index is 0.0201. The van der Waals surface area contributed by atoms with Gasteiger partial charge in [-0.2, -0.15) is 0 Å². The smallest absolute Gasteiger partial charge is 0.344 e. The topological polar surface area (TPSA) is 72.5 Å². The van der Waals surface area contributed by atoms with Crippen LogP contribution in [0.1, 0.15) is 12.8 Å². The number of carboxylic acids is 1. The Hall–Kier alpha value is -1.69. The van der Waals surface area contributed by atoms with Crippen LogP contribution in [0.15, 0.2) is 18.2 Å². The lowest BCUT2D eigenvalue weighted by atomic mass is 10.2. The molecule has 3 N–H and O–H groups in total. The first-order valence-electron chi connectivity index (χ1n) is 5.09. The van der Waals surface area contributed by atoms with Gasteiger partial charge in [0, 0.05) is 6.07 Å². The van der Waals surface area contributed by atoms with Crippen molar-refractivity contribution in [1.82, 2.24) is 0 Å². The summed E-state index contributed by atoms with van der Waals surface area (Å²) in [6.07, 6.45) is -0.422. The van der Waals surface area contributed by atoms with Gasteiger partial charge in [0.1, 0.15) is 5.75 Å². The maximum atomic E-state index is 12.9. The second kappa shape index (κ2) is 6.15. The Bertz CT molecular complexity index is 398. The molecular weight excluding hydrogens is 232 g/mol. The van der Waals surface area contributed by atoms with Crippen LogP contribution in [0.3, 0.4) is 0 Å². The highest BCUT2D eigenvalue weighted by atomic mass is 19.2. The molecular formula is C11H13F2NO3. The normalized spacial score (nSPS) is 12.2. The first-order chi connectivity index (χ1) is 8.04. The number of carbonyl (C=O) groups is 1. The second-order valence-electron chi connectivity index (χ2n) is 3.45. The van der Waals surface area contributed by atoms with Crippen molar-refractivity contribution in [2.45, 2.75) is 18.9 Å². The van der Waals surface area contributed by atoms with E-state index in [0.29, 0.717) is 13.0 Å². The Morgan fingerprint density at radius 3 is 2.65 bits per heavy atom. The van der Waals surface area contributed by atoms with E-state index in [-0.39, 0.29) is 12.2 Å². The molecule has 0 aliphatic carbocycles. The monoisotopic (exact) mass is 245 g/mol. The van der Waals surface area contributed by atoms with Crippen molar-refractivity contribution in [2.24, 2.45) is 5.73 Å². The van der Waals surface area contributed by atoms with Gasteiger partial charge in [-0.1, -0.05) is 0 Å². The molecule has 0 saturated carbocycles. The third-order valence-electron chi connectivity index (χ3n) is 2.12. The van der Waals surface area contributed by atoms with Gasteiger partial charge < -0.3 is 15.6 Å². The third kappa shape index (κ3) is 3.99. The van der Waals surface area contributed by atoms with Crippen LogP contribution < -0.4 is 10.5 Å². The molecule has 0 aliphatic rings. The molecule has 0 bridgehead atoms. The molecule has 1 aromatic rings. The van der Waals surface area contributed by atoms with Crippen molar-refractivity contribution < 1.29 is 23.4 Å². The van der Waals surface area contributed by atoms with Crippen LogP contribution >= 0.6 is 0 Å². The van der Waals surface area contributed by atoms with Crippen molar-refractivity contribution in [1.29, 1.82) is 0 Å². The molecule has 0 aromatic heterocycles. The molecule has 17 heavy (non-hydrogen) atoms. The lowest BCUT2D eigenvalue weighted by Crippen LogP contribution is -2.27. The summed E-state index contributed by atoms with van der Waals surface area (Å²) in [6.45, 7) is 0.338. The Balaban J connectivity index is 2.71. The Morgan fingerprint density at radius 1 is 1.41 bits per heavy atom. The molecule has 0 radical (unpaired) electrons. The average Bonchev–Trinajstić information content (AvgIpc) is 2.28. The zero-order valence-corrected chi connectivity index (χ0v) is 9.03. The summed E-state index contributed by atoms with van der Waals surface area (Å²) >= 11 is 0. The molecule has 94 valence electrons. The molecule has 6 heteroatoms. The molecule has 1 aromatic carbocycles. The van der Waals surface area contributed by atoms with Crippen molar-refractivity contribution in [3.8, 4) is 5.75 Å². The minimum atomic E-state index is -1.16. The van der Waals surface area contributed by atoms with Crippen LogP contribution in [-0.2, 0) is 4.79 Å². The molecule has 0 heterocycles. The summed E-state index contributed by atoms with van der Waals surface area (Å²) in [5, 5.41) is 8.85. The van der Waals surface area contributed by atoms with E-state index in [0.717, 1.165) is 12.1 Å². The number of carboxylic acid groups (broad SMARTS) is 1. The van der Waals surface area contributed by atoms with Crippen LogP contribution in [0.2, 0.25) is 0 Å². The maximum Gasteiger partial charge on any atom is 0.344 e. The summed E-state index contributed by atoms with van der Waals surface area (Å²) in [6, 6.07) is 2.87. The molecule has 1 rings (SSSR count). The maximum absolute atomic E-state index is 12.9. The Morgan fingerprint density at radius 2 is 2.12 bits per heavy atom. The highest BCUT2D eigenvalue weighted by Gasteiger charge is 2.19. The van der Waals surface area contributed by atoms with Crippen LogP contribution in [0.25, 0.3) is 0 Å². The summed E-state index contributed by atoms with van der Waals surface area (Å²) in [7, 11) is 0. The van der Waals surface area contributed by atoms with Gasteiger partial charge in [0.2, 0.25) is 0 Å². The first-order valence-corrected chi connectivity index (χ1v) is 5.09. The van der Waals surface area contributed by atoms with E-state index in [1.807, 2.05) is 0 Å². The number of aliphatic carboxylic acids is 1. The predicted octanol–water partition coefficient (Wildman–Crippen LogP) is 1.54. The molecule has 1 atom stereocenters. The van der Waals surface area contributed by atoms with Crippen LogP contribution in [0, 0.1) is 11.6 Å². The Labute approximate surface area is 97.0 Å². The van der Waals surface area contributed by atoms with Gasteiger partial charge in [0.25, 0.3) is 0 Å². The number of hydrogen-bond donors (Lipinski definition) is 2. The van der Waals surface area contributed by atoms with Gasteiger partial charge in [0.05, 0.1) is 0 Å². The van der Waals surface area contributed by atoms with Crippen LogP contribution in [0.4, 0.5) is 8.78 Å². The highest BCUT2D eigenvalue weighted by Crippen LogP contribution is 2.18. The first kappa shape index (κ1) is 13.4. The van der Waals surface area contributed by atoms with E-state index in [9.17, 15) is 13.6 Å². The predicted molar refractivity (Wildman–Crippen MR) is 56.7 cm³/mol. The van der Waals surface area contributed by atoms with Crippen molar-refractivity contribution in [2.75, 3.05) is 6.54 Å². The number of nitrogens with two attached hydrogens (primary N) is 1. The average molecular weight is 245 g/mol. The zero-order valence-electron chi connectivity index (χ0n) is 9.03. The molecule has 0 amide bonds. The summed E-state index contributed by atoms with van der Waals surface area (Å²) in [4.78, 5) is 10.8. The lowest BCUT2D eigenvalue weighted by molar-refractivity contribution is -0.145. The number of rotatable bonds is 6. The largest absolute Gasteiger partial charge is 0.479 e. The van der Waals surface area contributed by atoms with Crippen LogP contribution in [0.5, 0.6) is 5.75 Å². The second-order valence-corrected chi connectivity index (χ2v) is 3.45.